The van der Waals surface area contributed by atoms with Crippen molar-refractivity contribution in [1.29, 1.82) is 0 Å². The van der Waals surface area contributed by atoms with Crippen LogP contribution in [0.4, 0.5) is 0 Å². The summed E-state index contributed by atoms with van der Waals surface area (Å²) in [7, 11) is 0. The van der Waals surface area contributed by atoms with Gasteiger partial charge in [0.1, 0.15) is 12.1 Å². The van der Waals surface area contributed by atoms with Crippen LogP contribution in [-0.2, 0) is 6.54 Å². The summed E-state index contributed by atoms with van der Waals surface area (Å²) in [6.07, 6.45) is 3.33. The Morgan fingerprint density at radius 1 is 1.21 bits per heavy atom. The zero-order chi connectivity index (χ0) is 12.4. The first-order valence-electron chi connectivity index (χ1n) is 5.62. The summed E-state index contributed by atoms with van der Waals surface area (Å²) in [6.45, 7) is 0.368. The summed E-state index contributed by atoms with van der Waals surface area (Å²) in [5, 5.41) is 1.02. The van der Waals surface area contributed by atoms with E-state index in [4.69, 9.17) is 10.5 Å². The average molecular weight is 277 g/mol. The highest BCUT2D eigenvalue weighted by Gasteiger charge is 2.05. The number of hydrogen-bond donors (Lipinski definition) is 2. The lowest BCUT2D eigenvalue weighted by atomic mass is 10.2. The van der Waals surface area contributed by atoms with Crippen LogP contribution in [0.25, 0.3) is 10.9 Å². The van der Waals surface area contributed by atoms with E-state index in [9.17, 15) is 0 Å². The highest BCUT2D eigenvalue weighted by molar-refractivity contribution is 5.86. The highest BCUT2D eigenvalue weighted by atomic mass is 35.5. The Labute approximate surface area is 116 Å². The van der Waals surface area contributed by atoms with E-state index in [2.05, 4.69) is 15.0 Å². The molecular formula is C13H13ClN4O. The third kappa shape index (κ3) is 2.67. The Morgan fingerprint density at radius 2 is 2.11 bits per heavy atom. The molecule has 3 N–H and O–H groups in total. The molecule has 6 heteroatoms. The number of nitrogens with two attached hydrogens (primary N) is 1. The number of fused-ring (bicyclic) bond motifs is 1. The van der Waals surface area contributed by atoms with Crippen molar-refractivity contribution in [2.75, 3.05) is 0 Å². The Bertz CT molecular complexity index is 683. The lowest BCUT2D eigenvalue weighted by Crippen LogP contribution is -2.00. The van der Waals surface area contributed by atoms with E-state index in [0.29, 0.717) is 12.4 Å². The van der Waals surface area contributed by atoms with Gasteiger partial charge in [0, 0.05) is 29.7 Å². The number of rotatable bonds is 3. The molecule has 0 fully saturated rings. The van der Waals surface area contributed by atoms with Crippen LogP contribution in [0.1, 0.15) is 5.69 Å². The SMILES string of the molecule is Cl.NCc1cc(Oc2cccc3[nH]ccc23)ncn1. The minimum absolute atomic E-state index is 0. The first-order valence-corrected chi connectivity index (χ1v) is 5.62. The van der Waals surface area contributed by atoms with E-state index >= 15 is 0 Å². The van der Waals surface area contributed by atoms with Gasteiger partial charge >= 0.3 is 0 Å². The number of halogens is 1. The van der Waals surface area contributed by atoms with Crippen molar-refractivity contribution in [3.05, 3.63) is 48.5 Å². The van der Waals surface area contributed by atoms with E-state index in [1.165, 1.54) is 6.33 Å². The molecule has 0 bridgehead atoms. The molecule has 5 nitrogen and oxygen atoms in total. The zero-order valence-electron chi connectivity index (χ0n) is 10.0. The fourth-order valence-electron chi connectivity index (χ4n) is 1.80. The second kappa shape index (κ2) is 5.69. The largest absolute Gasteiger partial charge is 0.438 e. The van der Waals surface area contributed by atoms with Gasteiger partial charge in [0.2, 0.25) is 5.88 Å². The van der Waals surface area contributed by atoms with Gasteiger partial charge < -0.3 is 15.5 Å². The second-order valence-corrected chi connectivity index (χ2v) is 3.85. The maximum Gasteiger partial charge on any atom is 0.222 e. The van der Waals surface area contributed by atoms with Crippen molar-refractivity contribution < 1.29 is 4.74 Å². The lowest BCUT2D eigenvalue weighted by Gasteiger charge is -2.06. The summed E-state index contributed by atoms with van der Waals surface area (Å²) in [6, 6.07) is 9.54. The van der Waals surface area contributed by atoms with E-state index < -0.39 is 0 Å². The Balaban J connectivity index is 0.00000133. The standard InChI is InChI=1S/C13H12N4O.ClH/c14-7-9-6-13(17-8-16-9)18-12-3-1-2-11-10(12)4-5-15-11;/h1-6,8,15H,7,14H2;1H. The summed E-state index contributed by atoms with van der Waals surface area (Å²) in [5.74, 6) is 1.26. The third-order valence-corrected chi connectivity index (χ3v) is 2.68. The molecule has 0 aliphatic heterocycles. The van der Waals surface area contributed by atoms with Gasteiger partial charge in [-0.05, 0) is 18.2 Å². The van der Waals surface area contributed by atoms with Crippen LogP contribution in [0.3, 0.4) is 0 Å². The maximum absolute atomic E-state index is 5.77. The summed E-state index contributed by atoms with van der Waals surface area (Å²) in [5.41, 5.74) is 7.31. The molecular weight excluding hydrogens is 264 g/mol. The van der Waals surface area contributed by atoms with E-state index in [0.717, 1.165) is 22.3 Å². The van der Waals surface area contributed by atoms with Crippen LogP contribution in [0, 0.1) is 0 Å². The Morgan fingerprint density at radius 3 is 2.95 bits per heavy atom. The predicted molar refractivity (Wildman–Crippen MR) is 75.5 cm³/mol. The molecule has 19 heavy (non-hydrogen) atoms. The number of hydrogen-bond acceptors (Lipinski definition) is 4. The van der Waals surface area contributed by atoms with E-state index in [1.54, 1.807) is 6.07 Å². The number of nitrogens with one attached hydrogen (secondary N) is 1. The molecule has 2 aromatic heterocycles. The minimum atomic E-state index is 0. The molecule has 0 aliphatic rings. The Kier molecular flexibility index (Phi) is 3.99. The van der Waals surface area contributed by atoms with E-state index in [1.807, 2.05) is 30.5 Å². The third-order valence-electron chi connectivity index (χ3n) is 2.68. The van der Waals surface area contributed by atoms with Crippen molar-refractivity contribution >= 4 is 23.3 Å². The molecule has 3 rings (SSSR count). The van der Waals surface area contributed by atoms with Crippen molar-refractivity contribution in [3.8, 4) is 11.6 Å². The lowest BCUT2D eigenvalue weighted by molar-refractivity contribution is 0.465. The van der Waals surface area contributed by atoms with Gasteiger partial charge in [-0.1, -0.05) is 6.07 Å². The summed E-state index contributed by atoms with van der Waals surface area (Å²) < 4.78 is 5.77. The van der Waals surface area contributed by atoms with Crippen LogP contribution >= 0.6 is 12.4 Å². The molecule has 3 aromatic rings. The topological polar surface area (TPSA) is 76.8 Å². The first kappa shape index (κ1) is 13.3. The van der Waals surface area contributed by atoms with Gasteiger partial charge in [-0.25, -0.2) is 9.97 Å². The van der Waals surface area contributed by atoms with E-state index in [-0.39, 0.29) is 12.4 Å². The number of ether oxygens (including phenoxy) is 1. The van der Waals surface area contributed by atoms with Crippen LogP contribution in [-0.4, -0.2) is 15.0 Å². The molecule has 2 heterocycles. The normalized spacial score (nSPS) is 10.2. The molecule has 98 valence electrons. The van der Waals surface area contributed by atoms with Crippen LogP contribution < -0.4 is 10.5 Å². The van der Waals surface area contributed by atoms with Crippen molar-refractivity contribution in [2.24, 2.45) is 5.73 Å². The fourth-order valence-corrected chi connectivity index (χ4v) is 1.80. The molecule has 1 aromatic carbocycles. The molecule has 0 saturated heterocycles. The van der Waals surface area contributed by atoms with Gasteiger partial charge in [0.05, 0.1) is 5.69 Å². The maximum atomic E-state index is 5.77. The highest BCUT2D eigenvalue weighted by Crippen LogP contribution is 2.28. The molecule has 0 aliphatic carbocycles. The van der Waals surface area contributed by atoms with Crippen molar-refractivity contribution in [3.63, 3.8) is 0 Å². The minimum Gasteiger partial charge on any atom is -0.438 e. The van der Waals surface area contributed by atoms with Crippen LogP contribution in [0.15, 0.2) is 42.9 Å². The number of benzene rings is 1. The van der Waals surface area contributed by atoms with Crippen molar-refractivity contribution in [2.45, 2.75) is 6.54 Å². The average Bonchev–Trinajstić information content (AvgIpc) is 2.88. The summed E-state index contributed by atoms with van der Waals surface area (Å²) in [4.78, 5) is 11.2. The predicted octanol–water partition coefficient (Wildman–Crippen LogP) is 2.63. The van der Waals surface area contributed by atoms with Gasteiger partial charge in [-0.15, -0.1) is 12.4 Å². The number of H-pyrrole nitrogens is 1. The molecule has 0 spiro atoms. The monoisotopic (exact) mass is 276 g/mol. The smallest absolute Gasteiger partial charge is 0.222 e. The molecule has 0 atom stereocenters. The van der Waals surface area contributed by atoms with Gasteiger partial charge in [0.15, 0.2) is 0 Å². The quantitative estimate of drug-likeness (QED) is 0.771. The Hall–Kier alpha value is -2.11. The number of nitrogens with zero attached hydrogens (tertiary/aromatic N) is 2. The van der Waals surface area contributed by atoms with Crippen molar-refractivity contribution in [1.82, 2.24) is 15.0 Å². The summed E-state index contributed by atoms with van der Waals surface area (Å²) >= 11 is 0. The zero-order valence-corrected chi connectivity index (χ0v) is 10.9. The molecule has 0 amide bonds. The fraction of sp³-hybridized carbons (Fsp3) is 0.0769. The van der Waals surface area contributed by atoms with Crippen LogP contribution in [0.5, 0.6) is 11.6 Å². The van der Waals surface area contributed by atoms with Gasteiger partial charge in [-0.3, -0.25) is 0 Å². The van der Waals surface area contributed by atoms with Gasteiger partial charge in [-0.2, -0.15) is 0 Å². The number of aromatic nitrogens is 3. The first-order chi connectivity index (χ1) is 8.86. The van der Waals surface area contributed by atoms with Crippen LogP contribution in [0.2, 0.25) is 0 Å². The van der Waals surface area contributed by atoms with Gasteiger partial charge in [0.25, 0.3) is 0 Å². The number of aromatic amines is 1. The second-order valence-electron chi connectivity index (χ2n) is 3.85. The molecule has 0 saturated carbocycles. The molecule has 0 unspecified atom stereocenters. The molecule has 0 radical (unpaired) electrons.